The van der Waals surface area contributed by atoms with Gasteiger partial charge in [0.1, 0.15) is 0 Å². The molecule has 0 aliphatic heterocycles. The third kappa shape index (κ3) is 3.91. The lowest BCUT2D eigenvalue weighted by Crippen LogP contribution is -2.39. The number of nitrogens with two attached hydrogens (primary N) is 1. The number of aromatic nitrogens is 1. The normalized spacial score (nSPS) is 21.1. The first-order valence-corrected chi connectivity index (χ1v) is 9.86. The van der Waals surface area contributed by atoms with Gasteiger partial charge in [0.2, 0.25) is 5.91 Å². The molecule has 3 unspecified atom stereocenters. The van der Waals surface area contributed by atoms with Gasteiger partial charge in [-0.2, -0.15) is 0 Å². The van der Waals surface area contributed by atoms with Crippen LogP contribution in [0.5, 0.6) is 0 Å². The molecule has 1 fully saturated rings. The number of hydrogen-bond acceptors (Lipinski definition) is 2. The van der Waals surface area contributed by atoms with Crippen molar-refractivity contribution in [1.82, 2.24) is 10.3 Å². The molecule has 1 amide bonds. The van der Waals surface area contributed by atoms with E-state index in [4.69, 9.17) is 5.73 Å². The lowest BCUT2D eigenvalue weighted by molar-refractivity contribution is -0.126. The predicted octanol–water partition coefficient (Wildman–Crippen LogP) is 3.93. The first kappa shape index (κ1) is 17.8. The molecule has 0 bridgehead atoms. The fraction of sp³-hybridized carbons (Fsp3) is 0.348. The zero-order chi connectivity index (χ0) is 18.6. The van der Waals surface area contributed by atoms with Gasteiger partial charge < -0.3 is 16.0 Å². The summed E-state index contributed by atoms with van der Waals surface area (Å²) in [5, 5.41) is 4.42. The Balaban J connectivity index is 1.57. The van der Waals surface area contributed by atoms with Gasteiger partial charge in [-0.15, -0.1) is 0 Å². The maximum Gasteiger partial charge on any atom is 0.223 e. The highest BCUT2D eigenvalue weighted by Crippen LogP contribution is 2.31. The number of para-hydroxylation sites is 1. The molecule has 4 nitrogen and oxygen atoms in total. The third-order valence-electron chi connectivity index (χ3n) is 5.76. The van der Waals surface area contributed by atoms with Crippen LogP contribution < -0.4 is 11.1 Å². The maximum absolute atomic E-state index is 12.7. The second-order valence-electron chi connectivity index (χ2n) is 7.62. The van der Waals surface area contributed by atoms with E-state index in [1.807, 2.05) is 12.1 Å². The Morgan fingerprint density at radius 1 is 1.11 bits per heavy atom. The van der Waals surface area contributed by atoms with Gasteiger partial charge in [0.15, 0.2) is 0 Å². The first-order chi connectivity index (χ1) is 13.2. The van der Waals surface area contributed by atoms with Crippen molar-refractivity contribution in [3.05, 3.63) is 71.9 Å². The van der Waals surface area contributed by atoms with Crippen LogP contribution in [0.15, 0.2) is 60.8 Å². The van der Waals surface area contributed by atoms with Crippen molar-refractivity contribution in [2.24, 2.45) is 11.7 Å². The molecule has 4 N–H and O–H groups in total. The van der Waals surface area contributed by atoms with E-state index in [9.17, 15) is 4.79 Å². The number of fused-ring (bicyclic) bond motifs is 1. The molecule has 1 aliphatic carbocycles. The zero-order valence-corrected chi connectivity index (χ0v) is 15.5. The summed E-state index contributed by atoms with van der Waals surface area (Å²) in [7, 11) is 0. The molecule has 4 rings (SSSR count). The van der Waals surface area contributed by atoms with Crippen LogP contribution in [-0.2, 0) is 4.79 Å². The monoisotopic (exact) mass is 361 g/mol. The number of aromatic amines is 1. The van der Waals surface area contributed by atoms with Crippen molar-refractivity contribution < 1.29 is 4.79 Å². The molecular weight excluding hydrogens is 334 g/mol. The number of rotatable bonds is 5. The number of nitrogens with one attached hydrogen (secondary N) is 2. The Labute approximate surface area is 160 Å². The third-order valence-corrected chi connectivity index (χ3v) is 5.76. The van der Waals surface area contributed by atoms with Crippen LogP contribution in [0.2, 0.25) is 0 Å². The van der Waals surface area contributed by atoms with Gasteiger partial charge in [0, 0.05) is 41.5 Å². The number of amides is 1. The average Bonchev–Trinajstić information content (AvgIpc) is 3.13. The van der Waals surface area contributed by atoms with Gasteiger partial charge in [0.05, 0.1) is 0 Å². The van der Waals surface area contributed by atoms with E-state index in [0.717, 1.165) is 31.2 Å². The van der Waals surface area contributed by atoms with Crippen LogP contribution >= 0.6 is 0 Å². The van der Waals surface area contributed by atoms with Crippen molar-refractivity contribution in [3.8, 4) is 0 Å². The molecule has 27 heavy (non-hydrogen) atoms. The van der Waals surface area contributed by atoms with E-state index < -0.39 is 0 Å². The van der Waals surface area contributed by atoms with E-state index in [-0.39, 0.29) is 23.8 Å². The summed E-state index contributed by atoms with van der Waals surface area (Å²) in [6.45, 7) is 0.594. The number of carbonyl (C=O) groups is 1. The molecular formula is C23H27N3O. The second kappa shape index (κ2) is 7.97. The lowest BCUT2D eigenvalue weighted by Gasteiger charge is -2.26. The largest absolute Gasteiger partial charge is 0.361 e. The quantitative estimate of drug-likeness (QED) is 0.644. The summed E-state index contributed by atoms with van der Waals surface area (Å²) >= 11 is 0. The minimum absolute atomic E-state index is 0.0492. The lowest BCUT2D eigenvalue weighted by atomic mass is 9.85. The van der Waals surface area contributed by atoms with Gasteiger partial charge in [-0.05, 0) is 36.5 Å². The molecule has 4 heteroatoms. The highest BCUT2D eigenvalue weighted by molar-refractivity contribution is 5.84. The van der Waals surface area contributed by atoms with Gasteiger partial charge in [-0.1, -0.05) is 55.0 Å². The smallest absolute Gasteiger partial charge is 0.223 e. The van der Waals surface area contributed by atoms with E-state index >= 15 is 0 Å². The number of benzene rings is 2. The Morgan fingerprint density at radius 2 is 1.89 bits per heavy atom. The Bertz CT molecular complexity index is 902. The Morgan fingerprint density at radius 3 is 2.70 bits per heavy atom. The Hall–Kier alpha value is -2.59. The first-order valence-electron chi connectivity index (χ1n) is 9.86. The molecule has 0 saturated heterocycles. The van der Waals surface area contributed by atoms with E-state index in [2.05, 4.69) is 59.0 Å². The van der Waals surface area contributed by atoms with Crippen LogP contribution in [0.1, 0.15) is 42.7 Å². The van der Waals surface area contributed by atoms with E-state index in [1.165, 1.54) is 16.5 Å². The van der Waals surface area contributed by atoms with Crippen molar-refractivity contribution >= 4 is 16.8 Å². The average molecular weight is 361 g/mol. The molecule has 1 saturated carbocycles. The number of carbonyl (C=O) groups excluding carboxylic acids is 1. The van der Waals surface area contributed by atoms with Crippen LogP contribution in [0.4, 0.5) is 0 Å². The fourth-order valence-corrected chi connectivity index (χ4v) is 4.29. The molecule has 1 heterocycles. The van der Waals surface area contributed by atoms with Crippen molar-refractivity contribution in [3.63, 3.8) is 0 Å². The fourth-order valence-electron chi connectivity index (χ4n) is 4.29. The van der Waals surface area contributed by atoms with Crippen LogP contribution in [0, 0.1) is 5.92 Å². The minimum atomic E-state index is 0.0492. The topological polar surface area (TPSA) is 70.9 Å². The number of hydrogen-bond donors (Lipinski definition) is 3. The molecule has 140 valence electrons. The SMILES string of the molecule is NC1CCCC(C(=O)NCC(c2ccccc2)c2c[nH]c3ccccc23)C1. The maximum atomic E-state index is 12.7. The van der Waals surface area contributed by atoms with Crippen LogP contribution in [0.3, 0.4) is 0 Å². The highest BCUT2D eigenvalue weighted by Gasteiger charge is 2.26. The van der Waals surface area contributed by atoms with E-state index in [0.29, 0.717) is 6.54 Å². The summed E-state index contributed by atoms with van der Waals surface area (Å²) in [6, 6.07) is 18.9. The molecule has 0 spiro atoms. The summed E-state index contributed by atoms with van der Waals surface area (Å²) in [5.74, 6) is 0.308. The van der Waals surface area contributed by atoms with Gasteiger partial charge in [-0.25, -0.2) is 0 Å². The minimum Gasteiger partial charge on any atom is -0.361 e. The second-order valence-corrected chi connectivity index (χ2v) is 7.62. The molecule has 3 atom stereocenters. The molecule has 0 radical (unpaired) electrons. The van der Waals surface area contributed by atoms with Crippen LogP contribution in [-0.4, -0.2) is 23.5 Å². The van der Waals surface area contributed by atoms with Gasteiger partial charge >= 0.3 is 0 Å². The van der Waals surface area contributed by atoms with Crippen molar-refractivity contribution in [1.29, 1.82) is 0 Å². The molecule has 2 aromatic carbocycles. The zero-order valence-electron chi connectivity index (χ0n) is 15.5. The van der Waals surface area contributed by atoms with E-state index in [1.54, 1.807) is 0 Å². The molecule has 1 aromatic heterocycles. The summed E-state index contributed by atoms with van der Waals surface area (Å²) < 4.78 is 0. The number of H-pyrrole nitrogens is 1. The van der Waals surface area contributed by atoms with Crippen molar-refractivity contribution in [2.75, 3.05) is 6.54 Å². The predicted molar refractivity (Wildman–Crippen MR) is 110 cm³/mol. The van der Waals surface area contributed by atoms with Crippen LogP contribution in [0.25, 0.3) is 10.9 Å². The highest BCUT2D eigenvalue weighted by atomic mass is 16.1. The summed E-state index contributed by atoms with van der Waals surface area (Å²) in [4.78, 5) is 16.1. The van der Waals surface area contributed by atoms with Crippen molar-refractivity contribution in [2.45, 2.75) is 37.6 Å². The molecule has 3 aromatic rings. The van der Waals surface area contributed by atoms with Gasteiger partial charge in [-0.3, -0.25) is 4.79 Å². The standard InChI is InChI=1S/C23H27N3O/c24-18-10-6-9-17(13-18)23(27)26-14-20(16-7-2-1-3-8-16)21-15-25-22-12-5-4-11-19(21)22/h1-5,7-8,11-12,15,17-18,20,25H,6,9-10,13-14,24H2,(H,26,27). The summed E-state index contributed by atoms with van der Waals surface area (Å²) in [6.07, 6.45) is 5.90. The molecule has 1 aliphatic rings. The van der Waals surface area contributed by atoms with Gasteiger partial charge in [0.25, 0.3) is 0 Å². The summed E-state index contributed by atoms with van der Waals surface area (Å²) in [5.41, 5.74) is 9.62. The Kier molecular flexibility index (Phi) is 5.26.